The molecule has 1 N–H and O–H groups in total. The molecule has 2 aliphatic rings. The van der Waals surface area contributed by atoms with E-state index in [1.165, 1.54) is 25.3 Å². The molecule has 1 aromatic carbocycles. The lowest BCUT2D eigenvalue weighted by Crippen LogP contribution is -2.52. The number of nitrogens with zero attached hydrogens (tertiary/aromatic N) is 1. The van der Waals surface area contributed by atoms with Gasteiger partial charge in [-0.1, -0.05) is 18.6 Å². The van der Waals surface area contributed by atoms with Crippen LogP contribution in [0.3, 0.4) is 0 Å². The van der Waals surface area contributed by atoms with E-state index >= 15 is 0 Å². The van der Waals surface area contributed by atoms with Crippen LogP contribution in [0.15, 0.2) is 24.3 Å². The SMILES string of the molecule is CN1C2CCCC1CC(Nc1ccccc1F)C2. The Morgan fingerprint density at radius 3 is 2.50 bits per heavy atom. The summed E-state index contributed by atoms with van der Waals surface area (Å²) in [7, 11) is 2.24. The lowest BCUT2D eigenvalue weighted by molar-refractivity contribution is 0.0608. The highest BCUT2D eigenvalue weighted by molar-refractivity contribution is 5.45. The van der Waals surface area contributed by atoms with Gasteiger partial charge in [-0.3, -0.25) is 0 Å². The molecule has 18 heavy (non-hydrogen) atoms. The highest BCUT2D eigenvalue weighted by Gasteiger charge is 2.35. The summed E-state index contributed by atoms with van der Waals surface area (Å²) < 4.78 is 13.6. The van der Waals surface area contributed by atoms with Crippen molar-refractivity contribution in [2.75, 3.05) is 12.4 Å². The third-order valence-electron chi connectivity index (χ3n) is 4.57. The third-order valence-corrected chi connectivity index (χ3v) is 4.57. The quantitative estimate of drug-likeness (QED) is 0.864. The number of nitrogens with one attached hydrogen (secondary N) is 1. The molecule has 2 saturated heterocycles. The second-order valence-corrected chi connectivity index (χ2v) is 5.70. The second kappa shape index (κ2) is 4.88. The van der Waals surface area contributed by atoms with Crippen LogP contribution in [0.2, 0.25) is 0 Å². The Morgan fingerprint density at radius 2 is 1.83 bits per heavy atom. The number of hydrogen-bond donors (Lipinski definition) is 1. The molecule has 0 aromatic heterocycles. The van der Waals surface area contributed by atoms with Gasteiger partial charge in [-0.05, 0) is 44.9 Å². The van der Waals surface area contributed by atoms with Gasteiger partial charge in [0.25, 0.3) is 0 Å². The van der Waals surface area contributed by atoms with Gasteiger partial charge in [0.1, 0.15) is 5.82 Å². The predicted molar refractivity (Wildman–Crippen MR) is 72.2 cm³/mol. The standard InChI is InChI=1S/C15H21FN2/c1-18-12-5-4-6-13(18)10-11(9-12)17-15-8-3-2-7-14(15)16/h2-3,7-8,11-13,17H,4-6,9-10H2,1H3. The highest BCUT2D eigenvalue weighted by Crippen LogP contribution is 2.34. The van der Waals surface area contributed by atoms with Gasteiger partial charge >= 0.3 is 0 Å². The zero-order valence-electron chi connectivity index (χ0n) is 10.9. The Hall–Kier alpha value is -1.09. The molecule has 1 aromatic rings. The molecule has 2 nitrogen and oxygen atoms in total. The van der Waals surface area contributed by atoms with E-state index in [9.17, 15) is 4.39 Å². The minimum Gasteiger partial charge on any atom is -0.380 e. The summed E-state index contributed by atoms with van der Waals surface area (Å²) in [6.45, 7) is 0. The lowest BCUT2D eigenvalue weighted by Gasteiger charge is -2.47. The van der Waals surface area contributed by atoms with E-state index in [4.69, 9.17) is 0 Å². The maximum atomic E-state index is 13.6. The fraction of sp³-hybridized carbons (Fsp3) is 0.600. The summed E-state index contributed by atoms with van der Waals surface area (Å²) in [6.07, 6.45) is 6.22. The van der Waals surface area contributed by atoms with Crippen molar-refractivity contribution in [2.24, 2.45) is 0 Å². The monoisotopic (exact) mass is 248 g/mol. The van der Waals surface area contributed by atoms with Crippen molar-refractivity contribution in [3.63, 3.8) is 0 Å². The molecule has 98 valence electrons. The van der Waals surface area contributed by atoms with Crippen molar-refractivity contribution in [2.45, 2.75) is 50.2 Å². The number of para-hydroxylation sites is 1. The molecular weight excluding hydrogens is 227 g/mol. The normalized spacial score (nSPS) is 32.2. The van der Waals surface area contributed by atoms with Gasteiger partial charge in [0.15, 0.2) is 0 Å². The molecule has 0 spiro atoms. The molecule has 3 rings (SSSR count). The van der Waals surface area contributed by atoms with Gasteiger partial charge < -0.3 is 10.2 Å². The lowest BCUT2D eigenvalue weighted by atomic mass is 9.82. The smallest absolute Gasteiger partial charge is 0.146 e. The Bertz CT molecular complexity index is 407. The topological polar surface area (TPSA) is 15.3 Å². The number of anilines is 1. The molecule has 0 amide bonds. The van der Waals surface area contributed by atoms with Crippen molar-refractivity contribution < 1.29 is 4.39 Å². The number of hydrogen-bond acceptors (Lipinski definition) is 2. The first kappa shape index (κ1) is 12.0. The summed E-state index contributed by atoms with van der Waals surface area (Å²) in [5.41, 5.74) is 0.658. The minimum absolute atomic E-state index is 0.137. The molecule has 2 fully saturated rings. The summed E-state index contributed by atoms with van der Waals surface area (Å²) >= 11 is 0. The van der Waals surface area contributed by atoms with Crippen LogP contribution in [0.1, 0.15) is 32.1 Å². The van der Waals surface area contributed by atoms with Crippen molar-refractivity contribution in [1.29, 1.82) is 0 Å². The molecular formula is C15H21FN2. The van der Waals surface area contributed by atoms with Crippen molar-refractivity contribution >= 4 is 5.69 Å². The molecule has 2 bridgehead atoms. The number of fused-ring (bicyclic) bond motifs is 2. The zero-order chi connectivity index (χ0) is 12.5. The van der Waals surface area contributed by atoms with Gasteiger partial charge in [0.05, 0.1) is 5.69 Å². The summed E-state index contributed by atoms with van der Waals surface area (Å²) in [5.74, 6) is -0.137. The van der Waals surface area contributed by atoms with Crippen LogP contribution in [-0.4, -0.2) is 30.1 Å². The molecule has 0 saturated carbocycles. The number of halogens is 1. The van der Waals surface area contributed by atoms with Crippen LogP contribution in [-0.2, 0) is 0 Å². The molecule has 0 aliphatic carbocycles. The molecule has 2 unspecified atom stereocenters. The van der Waals surface area contributed by atoms with Gasteiger partial charge in [0, 0.05) is 18.1 Å². The Morgan fingerprint density at radius 1 is 1.17 bits per heavy atom. The van der Waals surface area contributed by atoms with E-state index in [1.54, 1.807) is 6.07 Å². The predicted octanol–water partition coefficient (Wildman–Crippen LogP) is 3.25. The maximum Gasteiger partial charge on any atom is 0.146 e. The number of rotatable bonds is 2. The van der Waals surface area contributed by atoms with Gasteiger partial charge in [-0.15, -0.1) is 0 Å². The van der Waals surface area contributed by atoms with E-state index < -0.39 is 0 Å². The summed E-state index contributed by atoms with van der Waals surface area (Å²) in [6, 6.07) is 8.78. The van der Waals surface area contributed by atoms with Crippen LogP contribution < -0.4 is 5.32 Å². The summed E-state index contributed by atoms with van der Waals surface area (Å²) in [5, 5.41) is 3.40. The summed E-state index contributed by atoms with van der Waals surface area (Å²) in [4.78, 5) is 2.53. The molecule has 2 aliphatic heterocycles. The average Bonchev–Trinajstić information content (AvgIpc) is 2.33. The van der Waals surface area contributed by atoms with Gasteiger partial charge in [-0.25, -0.2) is 4.39 Å². The third kappa shape index (κ3) is 2.24. The second-order valence-electron chi connectivity index (χ2n) is 5.70. The average molecular weight is 248 g/mol. The fourth-order valence-electron chi connectivity index (χ4n) is 3.53. The Kier molecular flexibility index (Phi) is 3.25. The van der Waals surface area contributed by atoms with E-state index in [0.717, 1.165) is 12.8 Å². The first-order valence-corrected chi connectivity index (χ1v) is 6.97. The van der Waals surface area contributed by atoms with Crippen LogP contribution >= 0.6 is 0 Å². The van der Waals surface area contributed by atoms with E-state index in [2.05, 4.69) is 17.3 Å². The highest BCUT2D eigenvalue weighted by atomic mass is 19.1. The van der Waals surface area contributed by atoms with E-state index in [0.29, 0.717) is 23.8 Å². The van der Waals surface area contributed by atoms with Crippen LogP contribution in [0, 0.1) is 5.82 Å². The fourth-order valence-corrected chi connectivity index (χ4v) is 3.53. The van der Waals surface area contributed by atoms with Crippen LogP contribution in [0.4, 0.5) is 10.1 Å². The molecule has 2 heterocycles. The van der Waals surface area contributed by atoms with Crippen molar-refractivity contribution in [1.82, 2.24) is 4.90 Å². The van der Waals surface area contributed by atoms with Crippen molar-refractivity contribution in [3.8, 4) is 0 Å². The molecule has 2 atom stereocenters. The molecule has 0 radical (unpaired) electrons. The number of piperidine rings is 2. The van der Waals surface area contributed by atoms with Crippen LogP contribution in [0.5, 0.6) is 0 Å². The largest absolute Gasteiger partial charge is 0.380 e. The Balaban J connectivity index is 1.70. The first-order valence-electron chi connectivity index (χ1n) is 6.97. The minimum atomic E-state index is -0.137. The van der Waals surface area contributed by atoms with E-state index in [1.807, 2.05) is 12.1 Å². The van der Waals surface area contributed by atoms with Crippen molar-refractivity contribution in [3.05, 3.63) is 30.1 Å². The number of benzene rings is 1. The van der Waals surface area contributed by atoms with E-state index in [-0.39, 0.29) is 5.82 Å². The van der Waals surface area contributed by atoms with Crippen LogP contribution in [0.25, 0.3) is 0 Å². The zero-order valence-corrected chi connectivity index (χ0v) is 10.9. The first-order chi connectivity index (χ1) is 8.74. The maximum absolute atomic E-state index is 13.6. The molecule has 3 heteroatoms. The van der Waals surface area contributed by atoms with Gasteiger partial charge in [-0.2, -0.15) is 0 Å². The Labute approximate surface area is 108 Å². The van der Waals surface area contributed by atoms with Gasteiger partial charge in [0.2, 0.25) is 0 Å².